The van der Waals surface area contributed by atoms with Crippen molar-refractivity contribution in [2.75, 3.05) is 4.90 Å². The summed E-state index contributed by atoms with van der Waals surface area (Å²) in [4.78, 5) is 4.49. The van der Waals surface area contributed by atoms with Crippen LogP contribution in [0.25, 0.3) is 0 Å². The van der Waals surface area contributed by atoms with Gasteiger partial charge in [-0.3, -0.25) is 5.41 Å². The monoisotopic (exact) mass is 270 g/mol. The number of nitrogens with two attached hydrogens (primary N) is 1. The Morgan fingerprint density at radius 2 is 2.00 bits per heavy atom. The SMILES string of the molecule is N=C(N)N(c1ncco1)c1ccccc1C(F)(F)F. The van der Waals surface area contributed by atoms with Gasteiger partial charge in [-0.1, -0.05) is 12.1 Å². The number of alkyl halides is 3. The molecule has 0 saturated carbocycles. The van der Waals surface area contributed by atoms with Crippen molar-refractivity contribution >= 4 is 17.7 Å². The lowest BCUT2D eigenvalue weighted by Crippen LogP contribution is -2.34. The van der Waals surface area contributed by atoms with E-state index in [0.29, 0.717) is 0 Å². The van der Waals surface area contributed by atoms with Crippen LogP contribution in [0.4, 0.5) is 24.9 Å². The number of benzene rings is 1. The Labute approximate surface area is 106 Å². The Kier molecular flexibility index (Phi) is 3.16. The number of nitrogens with one attached hydrogen (secondary N) is 1. The first kappa shape index (κ1) is 12.9. The Bertz CT molecular complexity index is 580. The van der Waals surface area contributed by atoms with E-state index in [1.165, 1.54) is 30.7 Å². The zero-order valence-corrected chi connectivity index (χ0v) is 9.48. The van der Waals surface area contributed by atoms with Crippen LogP contribution in [0.3, 0.4) is 0 Å². The van der Waals surface area contributed by atoms with Crippen LogP contribution in [0, 0.1) is 5.41 Å². The Morgan fingerprint density at radius 3 is 2.53 bits per heavy atom. The summed E-state index contributed by atoms with van der Waals surface area (Å²) in [6, 6.07) is 4.54. The average Bonchev–Trinajstić information content (AvgIpc) is 2.81. The number of para-hydroxylation sites is 1. The highest BCUT2D eigenvalue weighted by molar-refractivity contribution is 5.98. The van der Waals surface area contributed by atoms with E-state index in [-0.39, 0.29) is 11.7 Å². The topological polar surface area (TPSA) is 79.1 Å². The molecular weight excluding hydrogens is 261 g/mol. The van der Waals surface area contributed by atoms with Gasteiger partial charge in [-0.2, -0.15) is 13.2 Å². The van der Waals surface area contributed by atoms with Crippen molar-refractivity contribution in [3.8, 4) is 0 Å². The first-order valence-electron chi connectivity index (χ1n) is 5.11. The third kappa shape index (κ3) is 2.51. The maximum Gasteiger partial charge on any atom is 0.418 e. The van der Waals surface area contributed by atoms with Gasteiger partial charge >= 0.3 is 12.2 Å². The van der Waals surface area contributed by atoms with Crippen molar-refractivity contribution in [3.63, 3.8) is 0 Å². The third-order valence-corrected chi connectivity index (χ3v) is 2.30. The summed E-state index contributed by atoms with van der Waals surface area (Å²) in [5, 5.41) is 7.40. The fourth-order valence-corrected chi connectivity index (χ4v) is 1.57. The number of aromatic nitrogens is 1. The molecule has 0 saturated heterocycles. The fraction of sp³-hybridized carbons (Fsp3) is 0.0909. The quantitative estimate of drug-likeness (QED) is 0.649. The average molecular weight is 270 g/mol. The summed E-state index contributed by atoms with van der Waals surface area (Å²) in [7, 11) is 0. The highest BCUT2D eigenvalue weighted by Crippen LogP contribution is 2.38. The van der Waals surface area contributed by atoms with Gasteiger partial charge in [-0.25, -0.2) is 9.88 Å². The van der Waals surface area contributed by atoms with Crippen LogP contribution in [-0.2, 0) is 6.18 Å². The van der Waals surface area contributed by atoms with Crippen molar-refractivity contribution in [1.29, 1.82) is 5.41 Å². The largest absolute Gasteiger partial charge is 0.432 e. The molecule has 0 unspecified atom stereocenters. The van der Waals surface area contributed by atoms with Gasteiger partial charge in [0.2, 0.25) is 5.96 Å². The van der Waals surface area contributed by atoms with Gasteiger partial charge in [0.1, 0.15) is 6.26 Å². The molecule has 8 heteroatoms. The molecule has 0 aliphatic rings. The summed E-state index contributed by atoms with van der Waals surface area (Å²) in [6.07, 6.45) is -2.14. The molecule has 0 bridgehead atoms. The normalized spacial score (nSPS) is 11.3. The standard InChI is InChI=1S/C11H9F3N4O/c12-11(13,14)7-3-1-2-4-8(7)18(9(15)16)10-17-5-6-19-10/h1-6H,(H3,15,16). The predicted octanol–water partition coefficient (Wildman–Crippen LogP) is 2.72. The molecule has 0 atom stereocenters. The molecule has 0 aliphatic carbocycles. The lowest BCUT2D eigenvalue weighted by atomic mass is 10.1. The van der Waals surface area contributed by atoms with Crippen molar-refractivity contribution in [1.82, 2.24) is 4.98 Å². The zero-order valence-electron chi connectivity index (χ0n) is 9.48. The molecule has 0 spiro atoms. The highest BCUT2D eigenvalue weighted by Gasteiger charge is 2.36. The fourth-order valence-electron chi connectivity index (χ4n) is 1.57. The zero-order chi connectivity index (χ0) is 14.0. The molecule has 0 amide bonds. The van der Waals surface area contributed by atoms with E-state index in [1.54, 1.807) is 0 Å². The molecule has 1 heterocycles. The predicted molar refractivity (Wildman–Crippen MR) is 62.0 cm³/mol. The molecule has 19 heavy (non-hydrogen) atoms. The number of nitrogens with zero attached hydrogens (tertiary/aromatic N) is 2. The number of halogens is 3. The second kappa shape index (κ2) is 4.63. The molecule has 0 aliphatic heterocycles. The first-order valence-corrected chi connectivity index (χ1v) is 5.11. The minimum absolute atomic E-state index is 0.204. The van der Waals surface area contributed by atoms with E-state index in [2.05, 4.69) is 4.98 Å². The number of hydrogen-bond acceptors (Lipinski definition) is 3. The Morgan fingerprint density at radius 1 is 1.32 bits per heavy atom. The van der Waals surface area contributed by atoms with Crippen LogP contribution >= 0.6 is 0 Å². The lowest BCUT2D eigenvalue weighted by molar-refractivity contribution is -0.137. The Hall–Kier alpha value is -2.51. The summed E-state index contributed by atoms with van der Waals surface area (Å²) in [5.41, 5.74) is 4.07. The van der Waals surface area contributed by atoms with Crippen molar-refractivity contribution < 1.29 is 17.6 Å². The van der Waals surface area contributed by atoms with Crippen LogP contribution in [0.1, 0.15) is 5.56 Å². The van der Waals surface area contributed by atoms with E-state index in [1.807, 2.05) is 0 Å². The number of anilines is 2. The molecular formula is C11H9F3N4O. The van der Waals surface area contributed by atoms with Crippen LogP contribution in [-0.4, -0.2) is 10.9 Å². The third-order valence-electron chi connectivity index (χ3n) is 2.30. The molecule has 2 aromatic rings. The minimum Gasteiger partial charge on any atom is -0.432 e. The maximum atomic E-state index is 12.9. The van der Waals surface area contributed by atoms with Gasteiger partial charge in [0, 0.05) is 0 Å². The first-order chi connectivity index (χ1) is 8.91. The van der Waals surface area contributed by atoms with Gasteiger partial charge in [-0.05, 0) is 12.1 Å². The van der Waals surface area contributed by atoms with Gasteiger partial charge in [0.15, 0.2) is 0 Å². The second-order valence-corrected chi connectivity index (χ2v) is 3.55. The van der Waals surface area contributed by atoms with Crippen LogP contribution < -0.4 is 10.6 Å². The summed E-state index contributed by atoms with van der Waals surface area (Å²) >= 11 is 0. The maximum absolute atomic E-state index is 12.9. The van der Waals surface area contributed by atoms with E-state index in [9.17, 15) is 13.2 Å². The van der Waals surface area contributed by atoms with Gasteiger partial charge in [-0.15, -0.1) is 0 Å². The molecule has 1 aromatic heterocycles. The van der Waals surface area contributed by atoms with Crippen LogP contribution in [0.2, 0.25) is 0 Å². The number of guanidine groups is 1. The lowest BCUT2D eigenvalue weighted by Gasteiger charge is -2.22. The van der Waals surface area contributed by atoms with Crippen LogP contribution in [0.15, 0.2) is 41.1 Å². The summed E-state index contributed by atoms with van der Waals surface area (Å²) in [5.74, 6) is -0.626. The van der Waals surface area contributed by atoms with E-state index < -0.39 is 17.7 Å². The van der Waals surface area contributed by atoms with Crippen LogP contribution in [0.5, 0.6) is 0 Å². The van der Waals surface area contributed by atoms with Gasteiger partial charge in [0.05, 0.1) is 17.4 Å². The molecule has 2 rings (SSSR count). The van der Waals surface area contributed by atoms with E-state index >= 15 is 0 Å². The molecule has 3 N–H and O–H groups in total. The summed E-state index contributed by atoms with van der Waals surface area (Å²) < 4.78 is 43.7. The summed E-state index contributed by atoms with van der Waals surface area (Å²) in [6.45, 7) is 0. The highest BCUT2D eigenvalue weighted by atomic mass is 19.4. The second-order valence-electron chi connectivity index (χ2n) is 3.55. The van der Waals surface area contributed by atoms with Gasteiger partial charge < -0.3 is 10.2 Å². The van der Waals surface area contributed by atoms with Gasteiger partial charge in [0.25, 0.3) is 0 Å². The number of oxazole rings is 1. The molecule has 1 aromatic carbocycles. The van der Waals surface area contributed by atoms with Crippen molar-refractivity contribution in [2.45, 2.75) is 6.18 Å². The van der Waals surface area contributed by atoms with E-state index in [4.69, 9.17) is 15.6 Å². The molecule has 5 nitrogen and oxygen atoms in total. The number of rotatable bonds is 2. The molecule has 0 fully saturated rings. The number of hydrogen-bond donors (Lipinski definition) is 2. The molecule has 0 radical (unpaired) electrons. The van der Waals surface area contributed by atoms with E-state index in [0.717, 1.165) is 11.0 Å². The smallest absolute Gasteiger partial charge is 0.418 e. The minimum atomic E-state index is -4.57. The van der Waals surface area contributed by atoms with Crippen molar-refractivity contribution in [2.24, 2.45) is 5.73 Å². The Balaban J connectivity index is 2.59. The molecule has 100 valence electrons. The van der Waals surface area contributed by atoms with Crippen molar-refractivity contribution in [3.05, 3.63) is 42.3 Å².